The molecular formula is C22H28FN. The zero-order chi connectivity index (χ0) is 17.4. The van der Waals surface area contributed by atoms with Crippen LogP contribution in [0, 0.1) is 5.82 Å². The van der Waals surface area contributed by atoms with E-state index < -0.39 is 0 Å². The minimum absolute atomic E-state index is 0.0238. The Labute approximate surface area is 145 Å². The highest BCUT2D eigenvalue weighted by atomic mass is 19.1. The summed E-state index contributed by atoms with van der Waals surface area (Å²) >= 11 is 0. The lowest BCUT2D eigenvalue weighted by molar-refractivity contribution is 0.160. The largest absolute Gasteiger partial charge is 0.307 e. The molecule has 1 nitrogen and oxygen atoms in total. The second kappa shape index (κ2) is 6.33. The number of hydrogen-bond donors (Lipinski definition) is 1. The van der Waals surface area contributed by atoms with Crippen LogP contribution in [0.2, 0.25) is 0 Å². The van der Waals surface area contributed by atoms with E-state index in [1.54, 1.807) is 6.07 Å². The second-order valence-electron chi connectivity index (χ2n) is 8.46. The van der Waals surface area contributed by atoms with Crippen molar-refractivity contribution in [1.29, 1.82) is 0 Å². The van der Waals surface area contributed by atoms with Gasteiger partial charge in [0.25, 0.3) is 0 Å². The first-order chi connectivity index (χ1) is 11.3. The van der Waals surface area contributed by atoms with Crippen molar-refractivity contribution >= 4 is 0 Å². The number of hydrogen-bond acceptors (Lipinski definition) is 1. The molecule has 0 saturated carbocycles. The Hall–Kier alpha value is -1.67. The summed E-state index contributed by atoms with van der Waals surface area (Å²) in [5.41, 5.74) is 1.92. The van der Waals surface area contributed by atoms with Gasteiger partial charge < -0.3 is 5.32 Å². The SMILES string of the molecule is CC1(C)CC(c2ccc(C3C=CC=CC=C3)cc2F)CC(C)(C)N1. The molecule has 2 heteroatoms. The molecule has 1 aliphatic heterocycles. The monoisotopic (exact) mass is 325 g/mol. The number of halogens is 1. The van der Waals surface area contributed by atoms with E-state index in [9.17, 15) is 4.39 Å². The molecule has 0 bridgehead atoms. The van der Waals surface area contributed by atoms with E-state index in [-0.39, 0.29) is 28.7 Å². The van der Waals surface area contributed by atoms with Gasteiger partial charge in [-0.25, -0.2) is 4.39 Å². The Morgan fingerprint density at radius 3 is 2.04 bits per heavy atom. The summed E-state index contributed by atoms with van der Waals surface area (Å²) in [4.78, 5) is 0. The molecule has 1 fully saturated rings. The number of benzene rings is 1. The van der Waals surface area contributed by atoms with E-state index >= 15 is 0 Å². The van der Waals surface area contributed by atoms with E-state index in [4.69, 9.17) is 0 Å². The van der Waals surface area contributed by atoms with Crippen LogP contribution in [0.1, 0.15) is 63.5 Å². The highest BCUT2D eigenvalue weighted by Crippen LogP contribution is 2.40. The van der Waals surface area contributed by atoms with Crippen LogP contribution in [-0.4, -0.2) is 11.1 Å². The van der Waals surface area contributed by atoms with Gasteiger partial charge in [-0.1, -0.05) is 48.6 Å². The molecule has 1 N–H and O–H groups in total. The van der Waals surface area contributed by atoms with Gasteiger partial charge in [0.05, 0.1) is 0 Å². The van der Waals surface area contributed by atoms with E-state index in [0.29, 0.717) is 0 Å². The lowest BCUT2D eigenvalue weighted by Crippen LogP contribution is -2.57. The molecule has 1 aromatic carbocycles. The van der Waals surface area contributed by atoms with Crippen LogP contribution in [0.4, 0.5) is 4.39 Å². The standard InChI is InChI=1S/C22H28FN/c1-21(2)14-18(15-22(3,4)24-21)19-12-11-17(13-20(19)23)16-9-7-5-6-8-10-16/h5-13,16,18,24H,14-15H2,1-4H3. The van der Waals surface area contributed by atoms with Crippen LogP contribution in [0.3, 0.4) is 0 Å². The molecule has 24 heavy (non-hydrogen) atoms. The van der Waals surface area contributed by atoms with Gasteiger partial charge in [-0.2, -0.15) is 0 Å². The highest BCUT2D eigenvalue weighted by molar-refractivity contribution is 5.37. The summed E-state index contributed by atoms with van der Waals surface area (Å²) in [6, 6.07) is 5.82. The fourth-order valence-electron chi connectivity index (χ4n) is 4.41. The van der Waals surface area contributed by atoms with Crippen molar-refractivity contribution in [2.75, 3.05) is 0 Å². The molecule has 1 aromatic rings. The number of allylic oxidation sites excluding steroid dienone is 6. The third-order valence-electron chi connectivity index (χ3n) is 5.01. The molecule has 2 aliphatic rings. The van der Waals surface area contributed by atoms with Gasteiger partial charge in [-0.15, -0.1) is 0 Å². The van der Waals surface area contributed by atoms with Gasteiger partial charge in [0.2, 0.25) is 0 Å². The minimum Gasteiger partial charge on any atom is -0.307 e. The van der Waals surface area contributed by atoms with Gasteiger partial charge in [0.1, 0.15) is 5.82 Å². The number of nitrogens with one attached hydrogen (secondary N) is 1. The molecule has 3 rings (SSSR count). The Morgan fingerprint density at radius 2 is 1.50 bits per heavy atom. The maximum Gasteiger partial charge on any atom is 0.126 e. The maximum atomic E-state index is 14.9. The Kier molecular flexibility index (Phi) is 4.52. The predicted octanol–water partition coefficient (Wildman–Crippen LogP) is 5.62. The molecule has 0 unspecified atom stereocenters. The number of piperidine rings is 1. The predicted molar refractivity (Wildman–Crippen MR) is 99.8 cm³/mol. The van der Waals surface area contributed by atoms with Crippen LogP contribution in [0.25, 0.3) is 0 Å². The average molecular weight is 325 g/mol. The summed E-state index contributed by atoms with van der Waals surface area (Å²) in [5, 5.41) is 3.67. The molecule has 1 aliphatic carbocycles. The summed E-state index contributed by atoms with van der Waals surface area (Å²) in [7, 11) is 0. The highest BCUT2D eigenvalue weighted by Gasteiger charge is 2.38. The van der Waals surface area contributed by atoms with Crippen LogP contribution in [0.15, 0.2) is 54.7 Å². The van der Waals surface area contributed by atoms with Crippen LogP contribution in [-0.2, 0) is 0 Å². The van der Waals surface area contributed by atoms with Crippen molar-refractivity contribution in [1.82, 2.24) is 5.32 Å². The van der Waals surface area contributed by atoms with Gasteiger partial charge in [0.15, 0.2) is 0 Å². The topological polar surface area (TPSA) is 12.0 Å². The van der Waals surface area contributed by atoms with Gasteiger partial charge in [-0.05, 0) is 63.6 Å². The molecule has 0 atom stereocenters. The molecule has 0 aromatic heterocycles. The van der Waals surface area contributed by atoms with Crippen LogP contribution >= 0.6 is 0 Å². The average Bonchev–Trinajstić information content (AvgIpc) is 2.72. The van der Waals surface area contributed by atoms with Crippen molar-refractivity contribution in [2.24, 2.45) is 0 Å². The minimum atomic E-state index is -0.0648. The Balaban J connectivity index is 1.87. The first-order valence-electron chi connectivity index (χ1n) is 8.86. The summed E-state index contributed by atoms with van der Waals surface area (Å²) in [5.74, 6) is 0.335. The van der Waals surface area contributed by atoms with Crippen molar-refractivity contribution in [3.63, 3.8) is 0 Å². The van der Waals surface area contributed by atoms with Crippen LogP contribution < -0.4 is 5.32 Å². The zero-order valence-corrected chi connectivity index (χ0v) is 15.1. The first-order valence-corrected chi connectivity index (χ1v) is 8.86. The van der Waals surface area contributed by atoms with E-state index in [1.165, 1.54) is 0 Å². The van der Waals surface area contributed by atoms with Gasteiger partial charge >= 0.3 is 0 Å². The fourth-order valence-corrected chi connectivity index (χ4v) is 4.41. The molecular weight excluding hydrogens is 297 g/mol. The zero-order valence-electron chi connectivity index (χ0n) is 15.1. The van der Waals surface area contributed by atoms with E-state index in [0.717, 1.165) is 24.0 Å². The molecule has 0 amide bonds. The Bertz CT molecular complexity index is 662. The lowest BCUT2D eigenvalue weighted by atomic mass is 9.73. The molecule has 1 saturated heterocycles. The van der Waals surface area contributed by atoms with Crippen molar-refractivity contribution in [2.45, 2.75) is 63.5 Å². The van der Waals surface area contributed by atoms with Gasteiger partial charge in [-0.3, -0.25) is 0 Å². The normalized spacial score (nSPS) is 23.4. The van der Waals surface area contributed by atoms with Crippen molar-refractivity contribution in [3.05, 3.63) is 71.6 Å². The van der Waals surface area contributed by atoms with Gasteiger partial charge in [0, 0.05) is 17.0 Å². The maximum absolute atomic E-state index is 14.9. The molecule has 0 spiro atoms. The first kappa shape index (κ1) is 17.2. The molecule has 1 heterocycles. The van der Waals surface area contributed by atoms with Crippen LogP contribution in [0.5, 0.6) is 0 Å². The summed E-state index contributed by atoms with van der Waals surface area (Å²) in [6.07, 6.45) is 14.2. The molecule has 0 radical (unpaired) electrons. The third kappa shape index (κ3) is 3.87. The van der Waals surface area contributed by atoms with E-state index in [2.05, 4.69) is 51.2 Å². The lowest BCUT2D eigenvalue weighted by Gasteiger charge is -2.46. The molecule has 128 valence electrons. The smallest absolute Gasteiger partial charge is 0.126 e. The summed E-state index contributed by atoms with van der Waals surface area (Å²) in [6.45, 7) is 8.84. The van der Waals surface area contributed by atoms with Crippen molar-refractivity contribution < 1.29 is 4.39 Å². The third-order valence-corrected chi connectivity index (χ3v) is 5.01. The Morgan fingerprint density at radius 1 is 0.917 bits per heavy atom. The van der Waals surface area contributed by atoms with E-state index in [1.807, 2.05) is 30.4 Å². The number of rotatable bonds is 2. The fraction of sp³-hybridized carbons (Fsp3) is 0.455. The second-order valence-corrected chi connectivity index (χ2v) is 8.46. The van der Waals surface area contributed by atoms with Crippen molar-refractivity contribution in [3.8, 4) is 0 Å². The summed E-state index contributed by atoms with van der Waals surface area (Å²) < 4.78 is 14.9. The quantitative estimate of drug-likeness (QED) is 0.744.